The number of amidine groups is 2. The van der Waals surface area contributed by atoms with Gasteiger partial charge in [-0.15, -0.1) is 0 Å². The molecule has 1 heterocycles. The Morgan fingerprint density at radius 1 is 1.77 bits per heavy atom. The smallest absolute Gasteiger partial charge is 0.233 e. The molecule has 0 saturated carbocycles. The second-order valence-corrected chi connectivity index (χ2v) is 3.21. The zero-order chi connectivity index (χ0) is 9.84. The quantitative estimate of drug-likeness (QED) is 0.555. The molecule has 0 aromatic rings. The van der Waals surface area contributed by atoms with Crippen molar-refractivity contribution >= 4 is 34.6 Å². The summed E-state index contributed by atoms with van der Waals surface area (Å²) in [7, 11) is 0. The number of carbonyl (C=O) groups is 2. The molecule has 0 fully saturated rings. The highest BCUT2D eigenvalue weighted by atomic mass is 32.2. The number of amides is 1. The van der Waals surface area contributed by atoms with Crippen molar-refractivity contribution < 1.29 is 14.7 Å². The van der Waals surface area contributed by atoms with Crippen LogP contribution in [0, 0.1) is 5.41 Å². The van der Waals surface area contributed by atoms with Crippen molar-refractivity contribution in [2.45, 2.75) is 6.42 Å². The largest absolute Gasteiger partial charge is 0.549 e. The summed E-state index contributed by atoms with van der Waals surface area (Å²) in [5.41, 5.74) is 0. The Hall–Kier alpha value is -1.37. The first-order chi connectivity index (χ1) is 6.08. The van der Waals surface area contributed by atoms with Gasteiger partial charge in [0, 0.05) is 5.75 Å². The van der Waals surface area contributed by atoms with Crippen LogP contribution >= 0.6 is 11.8 Å². The van der Waals surface area contributed by atoms with Crippen LogP contribution in [0.15, 0.2) is 4.99 Å². The second-order valence-electron chi connectivity index (χ2n) is 2.25. The number of hydrogen-bond acceptors (Lipinski definition) is 5. The Morgan fingerprint density at radius 3 is 3.00 bits per heavy atom. The maximum absolute atomic E-state index is 10.8. The van der Waals surface area contributed by atoms with Gasteiger partial charge in [-0.1, -0.05) is 11.8 Å². The molecule has 1 aliphatic heterocycles. The number of carbonyl (C=O) groups excluding carboxylic acids is 2. The zero-order valence-corrected chi connectivity index (χ0v) is 7.31. The number of rotatable bonds is 2. The topological polar surface area (TPSA) is 105 Å². The summed E-state index contributed by atoms with van der Waals surface area (Å²) in [6, 6.07) is 0. The Bertz CT molecular complexity index is 299. The summed E-state index contributed by atoms with van der Waals surface area (Å²) < 4.78 is 0. The van der Waals surface area contributed by atoms with Gasteiger partial charge in [-0.25, -0.2) is 4.99 Å². The fraction of sp³-hybridized carbons (Fsp3) is 0.333. The molecule has 0 aromatic carbocycles. The molecule has 0 radical (unpaired) electrons. The van der Waals surface area contributed by atoms with Gasteiger partial charge in [-0.2, -0.15) is 0 Å². The van der Waals surface area contributed by atoms with Crippen molar-refractivity contribution in [3.63, 3.8) is 0 Å². The number of carboxylic acid groups (broad SMARTS) is 1. The van der Waals surface area contributed by atoms with E-state index in [2.05, 4.69) is 10.3 Å². The molecule has 13 heavy (non-hydrogen) atoms. The Balaban J connectivity index is 2.54. The first-order valence-corrected chi connectivity index (χ1v) is 4.35. The third kappa shape index (κ3) is 3.24. The number of aliphatic imine (C=N–C) groups is 1. The van der Waals surface area contributed by atoms with Gasteiger partial charge in [0.2, 0.25) is 5.91 Å². The van der Waals surface area contributed by atoms with Gasteiger partial charge >= 0.3 is 0 Å². The summed E-state index contributed by atoms with van der Waals surface area (Å²) >= 11 is 0.828. The SMILES string of the molecule is N=C1CC(=O)NC(SCC(=O)[O-])=N1. The minimum atomic E-state index is -1.24. The van der Waals surface area contributed by atoms with Crippen LogP contribution in [0.4, 0.5) is 0 Å². The van der Waals surface area contributed by atoms with Gasteiger partial charge in [-0.05, 0) is 0 Å². The van der Waals surface area contributed by atoms with Crippen LogP contribution in [-0.2, 0) is 9.59 Å². The highest BCUT2D eigenvalue weighted by Gasteiger charge is 2.15. The van der Waals surface area contributed by atoms with E-state index in [9.17, 15) is 14.7 Å². The van der Waals surface area contributed by atoms with Crippen molar-refractivity contribution in [3.05, 3.63) is 0 Å². The first kappa shape index (κ1) is 9.72. The zero-order valence-electron chi connectivity index (χ0n) is 6.49. The van der Waals surface area contributed by atoms with Gasteiger partial charge in [0.1, 0.15) is 5.84 Å². The van der Waals surface area contributed by atoms with Gasteiger partial charge in [0.05, 0.1) is 12.4 Å². The Kier molecular flexibility index (Phi) is 3.02. The predicted octanol–water partition coefficient (Wildman–Crippen LogP) is -1.68. The number of aliphatic carboxylic acids is 1. The van der Waals surface area contributed by atoms with Crippen molar-refractivity contribution in [2.24, 2.45) is 4.99 Å². The van der Waals surface area contributed by atoms with Gasteiger partial charge in [0.15, 0.2) is 5.17 Å². The molecule has 1 aliphatic rings. The number of thioether (sulfide) groups is 1. The lowest BCUT2D eigenvalue weighted by Crippen LogP contribution is -2.36. The molecule has 7 heteroatoms. The maximum Gasteiger partial charge on any atom is 0.233 e. The molecule has 0 bridgehead atoms. The average molecular weight is 200 g/mol. The minimum absolute atomic E-state index is 0.0601. The number of nitrogens with zero attached hydrogens (tertiary/aromatic N) is 1. The molecule has 0 aromatic heterocycles. The average Bonchev–Trinajstić information content (AvgIpc) is 1.99. The standard InChI is InChI=1S/C6H7N3O3S/c7-3-1-4(10)9-6(8-3)13-2-5(11)12/h1-2H2,(H,11,12)(H2,7,8,9,10)/p-1. The third-order valence-corrected chi connectivity index (χ3v) is 1.98. The van der Waals surface area contributed by atoms with Crippen LogP contribution in [0.1, 0.15) is 6.42 Å². The van der Waals surface area contributed by atoms with Crippen LogP contribution < -0.4 is 10.4 Å². The summed E-state index contributed by atoms with van der Waals surface area (Å²) in [5, 5.41) is 19.7. The molecule has 2 N–H and O–H groups in total. The van der Waals surface area contributed by atoms with E-state index in [0.717, 1.165) is 11.8 Å². The summed E-state index contributed by atoms with van der Waals surface area (Å²) in [6.07, 6.45) is -0.0601. The van der Waals surface area contributed by atoms with Gasteiger partial charge in [-0.3, -0.25) is 10.2 Å². The highest BCUT2D eigenvalue weighted by molar-refractivity contribution is 8.14. The number of hydrogen-bond donors (Lipinski definition) is 2. The number of nitrogens with one attached hydrogen (secondary N) is 2. The molecule has 70 valence electrons. The van der Waals surface area contributed by atoms with Crippen LogP contribution in [0.3, 0.4) is 0 Å². The van der Waals surface area contributed by atoms with Crippen LogP contribution in [-0.4, -0.2) is 28.6 Å². The van der Waals surface area contributed by atoms with E-state index < -0.39 is 5.97 Å². The third-order valence-electron chi connectivity index (χ3n) is 1.14. The van der Waals surface area contributed by atoms with Gasteiger partial charge < -0.3 is 15.2 Å². The highest BCUT2D eigenvalue weighted by Crippen LogP contribution is 2.06. The molecular formula is C6H6N3O3S-. The lowest BCUT2D eigenvalue weighted by molar-refractivity contribution is -0.301. The molecule has 1 rings (SSSR count). The minimum Gasteiger partial charge on any atom is -0.549 e. The van der Waals surface area contributed by atoms with Crippen molar-refractivity contribution in [3.8, 4) is 0 Å². The molecule has 0 saturated heterocycles. The molecule has 0 unspecified atom stereocenters. The second kappa shape index (κ2) is 4.04. The summed E-state index contributed by atoms with van der Waals surface area (Å²) in [4.78, 5) is 24.5. The van der Waals surface area contributed by atoms with Crippen LogP contribution in [0.5, 0.6) is 0 Å². The predicted molar refractivity (Wildman–Crippen MR) is 45.4 cm³/mol. The molecule has 0 aliphatic carbocycles. The molecular weight excluding hydrogens is 194 g/mol. The van der Waals surface area contributed by atoms with Crippen LogP contribution in [0.2, 0.25) is 0 Å². The van der Waals surface area contributed by atoms with E-state index in [1.165, 1.54) is 0 Å². The van der Waals surface area contributed by atoms with Crippen molar-refractivity contribution in [1.82, 2.24) is 5.32 Å². The van der Waals surface area contributed by atoms with E-state index in [1.54, 1.807) is 0 Å². The molecule has 1 amide bonds. The first-order valence-electron chi connectivity index (χ1n) is 3.36. The van der Waals surface area contributed by atoms with Crippen LogP contribution in [0.25, 0.3) is 0 Å². The fourth-order valence-corrected chi connectivity index (χ4v) is 1.32. The van der Waals surface area contributed by atoms with Crippen molar-refractivity contribution in [2.75, 3.05) is 5.75 Å². The summed E-state index contributed by atoms with van der Waals surface area (Å²) in [5.74, 6) is -1.93. The molecule has 6 nitrogen and oxygen atoms in total. The Morgan fingerprint density at radius 2 is 2.46 bits per heavy atom. The van der Waals surface area contributed by atoms with Crippen molar-refractivity contribution in [1.29, 1.82) is 5.41 Å². The van der Waals surface area contributed by atoms with Gasteiger partial charge in [0.25, 0.3) is 0 Å². The van der Waals surface area contributed by atoms with E-state index in [1.807, 2.05) is 0 Å². The summed E-state index contributed by atoms with van der Waals surface area (Å²) in [6.45, 7) is 0. The Labute approximate surface area is 77.9 Å². The lowest BCUT2D eigenvalue weighted by atomic mass is 10.3. The number of carboxylic acids is 1. The van der Waals surface area contributed by atoms with E-state index in [4.69, 9.17) is 5.41 Å². The fourth-order valence-electron chi connectivity index (χ4n) is 0.701. The van der Waals surface area contributed by atoms with E-state index in [-0.39, 0.29) is 29.1 Å². The monoisotopic (exact) mass is 200 g/mol. The maximum atomic E-state index is 10.8. The molecule has 0 spiro atoms. The normalized spacial score (nSPS) is 16.5. The van der Waals surface area contributed by atoms with E-state index in [0.29, 0.717) is 0 Å². The van der Waals surface area contributed by atoms with E-state index >= 15 is 0 Å². The lowest BCUT2D eigenvalue weighted by Gasteiger charge is -2.12. The molecule has 0 atom stereocenters.